The number of hydrogen-bond donors (Lipinski definition) is 4. The van der Waals surface area contributed by atoms with Crippen molar-refractivity contribution in [3.8, 4) is 0 Å². The molecule has 1 saturated carbocycles. The van der Waals surface area contributed by atoms with Gasteiger partial charge in [0, 0.05) is 18.5 Å². The van der Waals surface area contributed by atoms with Crippen LogP contribution in [0.4, 0.5) is 0 Å². The van der Waals surface area contributed by atoms with Crippen molar-refractivity contribution in [1.29, 1.82) is 5.41 Å². The van der Waals surface area contributed by atoms with Crippen molar-refractivity contribution in [2.75, 3.05) is 13.1 Å². The van der Waals surface area contributed by atoms with Crippen molar-refractivity contribution < 1.29 is 9.59 Å². The molecule has 7 heteroatoms. The number of carbonyl (C=O) groups excluding carboxylic acids is 2. The lowest BCUT2D eigenvalue weighted by atomic mass is 9.74. The summed E-state index contributed by atoms with van der Waals surface area (Å²) in [6.45, 7) is 5.43. The van der Waals surface area contributed by atoms with E-state index in [1.165, 1.54) is 30.4 Å². The van der Waals surface area contributed by atoms with Gasteiger partial charge in [0.15, 0.2) is 5.96 Å². The molecule has 7 nitrogen and oxygen atoms in total. The van der Waals surface area contributed by atoms with E-state index in [2.05, 4.69) is 54.0 Å². The number of amides is 2. The maximum Gasteiger partial charge on any atom is 0.245 e. The summed E-state index contributed by atoms with van der Waals surface area (Å²) in [5.41, 5.74) is 8.29. The summed E-state index contributed by atoms with van der Waals surface area (Å²) in [5, 5.41) is 13.7. The molecular formula is C29H43N5O2. The van der Waals surface area contributed by atoms with Crippen LogP contribution in [0.15, 0.2) is 30.3 Å². The van der Waals surface area contributed by atoms with Gasteiger partial charge >= 0.3 is 0 Å². The van der Waals surface area contributed by atoms with Gasteiger partial charge in [-0.25, -0.2) is 0 Å². The van der Waals surface area contributed by atoms with Crippen LogP contribution in [0.1, 0.15) is 82.8 Å². The second-order valence-corrected chi connectivity index (χ2v) is 11.1. The van der Waals surface area contributed by atoms with Crippen molar-refractivity contribution in [2.24, 2.45) is 17.6 Å². The normalized spacial score (nSPS) is 21.4. The van der Waals surface area contributed by atoms with Crippen molar-refractivity contribution in [3.05, 3.63) is 41.5 Å². The number of nitrogens with two attached hydrogens (primary N) is 1. The quantitative estimate of drug-likeness (QED) is 0.325. The number of allylic oxidation sites excluding steroid dienone is 1. The van der Waals surface area contributed by atoms with Gasteiger partial charge in [-0.15, -0.1) is 0 Å². The lowest BCUT2D eigenvalue weighted by Gasteiger charge is -2.41. The van der Waals surface area contributed by atoms with E-state index in [4.69, 9.17) is 11.1 Å². The summed E-state index contributed by atoms with van der Waals surface area (Å²) in [5.74, 6) is 0.0260. The minimum Gasteiger partial charge on any atom is -0.370 e. The molecule has 3 atom stereocenters. The lowest BCUT2D eigenvalue weighted by Crippen LogP contribution is -2.58. The van der Waals surface area contributed by atoms with Crippen LogP contribution >= 0.6 is 0 Å². The number of likely N-dealkylation sites (tertiary alicyclic amines) is 1. The molecule has 1 aliphatic heterocycles. The molecule has 2 amide bonds. The number of guanidine groups is 1. The van der Waals surface area contributed by atoms with Gasteiger partial charge in [0.05, 0.1) is 0 Å². The molecule has 4 rings (SSSR count). The maximum absolute atomic E-state index is 13.7. The Kier molecular flexibility index (Phi) is 8.37. The number of rotatable bonds is 8. The topological polar surface area (TPSA) is 111 Å². The first kappa shape index (κ1) is 26.2. The molecule has 36 heavy (non-hydrogen) atoms. The summed E-state index contributed by atoms with van der Waals surface area (Å²) in [7, 11) is 0. The van der Waals surface area contributed by atoms with Crippen LogP contribution in [0.25, 0.3) is 6.08 Å². The zero-order valence-electron chi connectivity index (χ0n) is 21.9. The average molecular weight is 494 g/mol. The molecule has 2 fully saturated rings. The fraction of sp³-hybridized carbons (Fsp3) is 0.621. The summed E-state index contributed by atoms with van der Waals surface area (Å²) in [6, 6.07) is 7.37. The Morgan fingerprint density at radius 2 is 1.83 bits per heavy atom. The Hall–Kier alpha value is -2.83. The fourth-order valence-corrected chi connectivity index (χ4v) is 6.31. The number of hydrogen-bond acceptors (Lipinski definition) is 3. The van der Waals surface area contributed by atoms with E-state index >= 15 is 0 Å². The van der Waals surface area contributed by atoms with Gasteiger partial charge in [0.25, 0.3) is 0 Å². The Morgan fingerprint density at radius 1 is 1.14 bits per heavy atom. The van der Waals surface area contributed by atoms with Gasteiger partial charge in [0.1, 0.15) is 12.1 Å². The van der Waals surface area contributed by atoms with Gasteiger partial charge in [-0.3, -0.25) is 15.0 Å². The van der Waals surface area contributed by atoms with E-state index in [0.717, 1.165) is 32.1 Å². The van der Waals surface area contributed by atoms with Gasteiger partial charge in [-0.2, -0.15) is 0 Å². The molecule has 0 radical (unpaired) electrons. The van der Waals surface area contributed by atoms with E-state index in [0.29, 0.717) is 25.4 Å². The zero-order chi connectivity index (χ0) is 25.7. The van der Waals surface area contributed by atoms with Crippen molar-refractivity contribution in [2.45, 2.75) is 89.1 Å². The molecule has 2 aliphatic carbocycles. The summed E-state index contributed by atoms with van der Waals surface area (Å²) in [6.07, 6.45) is 13.6. The third-order valence-electron chi connectivity index (χ3n) is 8.76. The highest BCUT2D eigenvalue weighted by atomic mass is 16.2. The predicted octanol–water partition coefficient (Wildman–Crippen LogP) is 3.93. The Morgan fingerprint density at radius 3 is 2.50 bits per heavy atom. The Labute approximate surface area is 215 Å². The molecular weight excluding hydrogens is 450 g/mol. The first-order chi connectivity index (χ1) is 17.3. The second-order valence-electron chi connectivity index (χ2n) is 11.1. The van der Waals surface area contributed by atoms with Crippen molar-refractivity contribution in [1.82, 2.24) is 15.5 Å². The predicted molar refractivity (Wildman–Crippen MR) is 144 cm³/mol. The highest BCUT2D eigenvalue weighted by molar-refractivity contribution is 5.92. The van der Waals surface area contributed by atoms with Crippen LogP contribution in [0.5, 0.6) is 0 Å². The molecule has 0 bridgehead atoms. The molecule has 0 unspecified atom stereocenters. The first-order valence-electron chi connectivity index (χ1n) is 13.8. The minimum absolute atomic E-state index is 0.00190. The van der Waals surface area contributed by atoms with Crippen LogP contribution in [-0.4, -0.2) is 47.8 Å². The van der Waals surface area contributed by atoms with Gasteiger partial charge < -0.3 is 21.3 Å². The molecule has 1 aromatic rings. The van der Waals surface area contributed by atoms with Crippen molar-refractivity contribution >= 4 is 23.8 Å². The van der Waals surface area contributed by atoms with Crippen LogP contribution in [0, 0.1) is 17.2 Å². The monoisotopic (exact) mass is 493 g/mol. The molecule has 5 N–H and O–H groups in total. The molecule has 1 aromatic carbocycles. The van der Waals surface area contributed by atoms with E-state index in [-0.39, 0.29) is 29.1 Å². The lowest BCUT2D eigenvalue weighted by molar-refractivity contribution is -0.139. The van der Waals surface area contributed by atoms with Crippen LogP contribution < -0.4 is 16.4 Å². The van der Waals surface area contributed by atoms with Crippen molar-refractivity contribution in [3.63, 3.8) is 0 Å². The summed E-state index contributed by atoms with van der Waals surface area (Å²) in [4.78, 5) is 29.1. The first-order valence-corrected chi connectivity index (χ1v) is 13.8. The molecule has 3 aliphatic rings. The standard InChI is InChI=1S/C29H43N5O2/c1-3-20(2)25(33-26(35)24(32-28(30)31)19-21-9-5-4-6-10-21)27(36)34-17-15-29(16-18-34)14-13-22-11-7-8-12-23(22)29/h7-8,11-14,20-21,24-25H,3-6,9-10,15-19H2,1-2H3,(H,33,35)(H4,30,31,32)/t20-,24-,25+/m0/s1. The molecule has 1 heterocycles. The molecule has 1 saturated heterocycles. The fourth-order valence-electron chi connectivity index (χ4n) is 6.31. The summed E-state index contributed by atoms with van der Waals surface area (Å²) < 4.78 is 0. The largest absolute Gasteiger partial charge is 0.370 e. The van der Waals surface area contributed by atoms with E-state index in [1.54, 1.807) is 0 Å². The Bertz CT molecular complexity index is 976. The highest BCUT2D eigenvalue weighted by Gasteiger charge is 2.41. The maximum atomic E-state index is 13.7. The van der Waals surface area contributed by atoms with E-state index < -0.39 is 12.1 Å². The number of piperidine rings is 1. The number of fused-ring (bicyclic) bond motifs is 2. The van der Waals surface area contributed by atoms with E-state index in [9.17, 15) is 9.59 Å². The molecule has 0 aromatic heterocycles. The summed E-state index contributed by atoms with van der Waals surface area (Å²) >= 11 is 0. The average Bonchev–Trinajstić information content (AvgIpc) is 3.24. The highest BCUT2D eigenvalue weighted by Crippen LogP contribution is 2.43. The third-order valence-corrected chi connectivity index (χ3v) is 8.76. The molecule has 196 valence electrons. The SMILES string of the molecule is CC[C@H](C)[C@@H](NC(=O)[C@H](CC1CCCCC1)NC(=N)N)C(=O)N1CCC2(C=Cc3ccccc32)CC1. The number of nitrogens with one attached hydrogen (secondary N) is 3. The van der Waals surface area contributed by atoms with Gasteiger partial charge in [-0.1, -0.05) is 88.8 Å². The smallest absolute Gasteiger partial charge is 0.245 e. The number of carbonyl (C=O) groups is 2. The Balaban J connectivity index is 1.42. The van der Waals surface area contributed by atoms with Crippen LogP contribution in [0.3, 0.4) is 0 Å². The number of nitrogens with zero attached hydrogens (tertiary/aromatic N) is 1. The zero-order valence-corrected chi connectivity index (χ0v) is 21.9. The van der Waals surface area contributed by atoms with Gasteiger partial charge in [0.2, 0.25) is 11.8 Å². The second kappa shape index (κ2) is 11.5. The third kappa shape index (κ3) is 5.76. The molecule has 1 spiro atoms. The van der Waals surface area contributed by atoms with Gasteiger partial charge in [-0.05, 0) is 42.2 Å². The van der Waals surface area contributed by atoms with E-state index in [1.807, 2.05) is 11.8 Å². The minimum atomic E-state index is -0.588. The number of benzene rings is 1. The van der Waals surface area contributed by atoms with Crippen LogP contribution in [0.2, 0.25) is 0 Å². The van der Waals surface area contributed by atoms with Crippen LogP contribution in [-0.2, 0) is 15.0 Å².